The van der Waals surface area contributed by atoms with Gasteiger partial charge in [-0.2, -0.15) is 0 Å². The molecule has 0 N–H and O–H groups in total. The zero-order valence-corrected chi connectivity index (χ0v) is 9.72. The van der Waals surface area contributed by atoms with E-state index in [1.807, 2.05) is 6.08 Å². The number of esters is 1. The summed E-state index contributed by atoms with van der Waals surface area (Å²) in [5, 5.41) is 0.709. The summed E-state index contributed by atoms with van der Waals surface area (Å²) in [5.41, 5.74) is 1.30. The van der Waals surface area contributed by atoms with Crippen LogP contribution in [0.3, 0.4) is 0 Å². The van der Waals surface area contributed by atoms with Crippen molar-refractivity contribution in [3.8, 4) is 0 Å². The molecule has 0 saturated carbocycles. The molecule has 2 unspecified atom stereocenters. The Bertz CT molecular complexity index is 304. The predicted molar refractivity (Wildman–Crippen MR) is 58.9 cm³/mol. The van der Waals surface area contributed by atoms with Crippen LogP contribution in [0.15, 0.2) is 11.6 Å². The third kappa shape index (κ3) is 2.30. The lowest BCUT2D eigenvalue weighted by Gasteiger charge is -2.21. The summed E-state index contributed by atoms with van der Waals surface area (Å²) in [6.45, 7) is 0. The first kappa shape index (κ1) is 10.9. The monoisotopic (exact) mass is 228 g/mol. The second-order valence-corrected chi connectivity index (χ2v) is 6.19. The van der Waals surface area contributed by atoms with Crippen LogP contribution in [-0.4, -0.2) is 27.8 Å². The number of rotatable bonds is 2. The van der Waals surface area contributed by atoms with Crippen molar-refractivity contribution in [3.63, 3.8) is 0 Å². The molecular formula is C11H16O3S. The van der Waals surface area contributed by atoms with E-state index in [4.69, 9.17) is 0 Å². The molecule has 2 fully saturated rings. The van der Waals surface area contributed by atoms with Gasteiger partial charge in [-0.3, -0.25) is 9.00 Å². The zero-order chi connectivity index (χ0) is 10.8. The van der Waals surface area contributed by atoms with Crippen LogP contribution in [0.4, 0.5) is 0 Å². The van der Waals surface area contributed by atoms with Gasteiger partial charge in [-0.1, -0.05) is 11.6 Å². The van der Waals surface area contributed by atoms with Crippen molar-refractivity contribution >= 4 is 16.8 Å². The maximum atomic E-state index is 11.7. The van der Waals surface area contributed by atoms with Crippen LogP contribution in [0.1, 0.15) is 32.1 Å². The fraction of sp³-hybridized carbons (Fsp3) is 0.727. The van der Waals surface area contributed by atoms with E-state index in [0.29, 0.717) is 16.9 Å². The minimum atomic E-state index is -0.612. The first-order valence-corrected chi connectivity index (χ1v) is 6.62. The van der Waals surface area contributed by atoms with E-state index in [9.17, 15) is 9.00 Å². The van der Waals surface area contributed by atoms with Crippen LogP contribution in [0, 0.1) is 0 Å². The third-order valence-electron chi connectivity index (χ3n) is 3.23. The highest BCUT2D eigenvalue weighted by atomic mass is 32.2. The Kier molecular flexibility index (Phi) is 3.24. The van der Waals surface area contributed by atoms with Crippen molar-refractivity contribution in [2.24, 2.45) is 0 Å². The van der Waals surface area contributed by atoms with E-state index in [1.54, 1.807) is 0 Å². The number of carbonyl (C=O) groups is 1. The Morgan fingerprint density at radius 3 is 2.60 bits per heavy atom. The Hall–Kier alpha value is -0.640. The molecule has 0 amide bonds. The lowest BCUT2D eigenvalue weighted by molar-refractivity contribution is -0.139. The van der Waals surface area contributed by atoms with Crippen molar-refractivity contribution in [1.29, 1.82) is 0 Å². The number of fused-ring (bicyclic) bond motifs is 2. The third-order valence-corrected chi connectivity index (χ3v) is 5.35. The van der Waals surface area contributed by atoms with Gasteiger partial charge in [0.05, 0.1) is 13.5 Å². The molecule has 2 bridgehead atoms. The summed E-state index contributed by atoms with van der Waals surface area (Å²) < 4.78 is 16.3. The molecule has 2 aliphatic heterocycles. The fourth-order valence-electron chi connectivity index (χ4n) is 2.39. The van der Waals surface area contributed by atoms with Gasteiger partial charge in [0.25, 0.3) is 0 Å². The smallest absolute Gasteiger partial charge is 0.309 e. The van der Waals surface area contributed by atoms with Gasteiger partial charge in [0.1, 0.15) is 0 Å². The van der Waals surface area contributed by atoms with E-state index in [-0.39, 0.29) is 5.97 Å². The molecule has 15 heavy (non-hydrogen) atoms. The molecule has 0 spiro atoms. The summed E-state index contributed by atoms with van der Waals surface area (Å²) in [5.74, 6) is -0.193. The summed E-state index contributed by atoms with van der Waals surface area (Å²) in [6, 6.07) is 0. The van der Waals surface area contributed by atoms with Crippen LogP contribution in [0.25, 0.3) is 0 Å². The summed E-state index contributed by atoms with van der Waals surface area (Å²) in [6.07, 6.45) is 6.34. The average molecular weight is 228 g/mol. The van der Waals surface area contributed by atoms with Crippen molar-refractivity contribution in [1.82, 2.24) is 0 Å². The molecule has 84 valence electrons. The van der Waals surface area contributed by atoms with Gasteiger partial charge >= 0.3 is 5.97 Å². The zero-order valence-electron chi connectivity index (χ0n) is 8.90. The Morgan fingerprint density at radius 1 is 1.47 bits per heavy atom. The number of ether oxygens (including phenoxy) is 1. The van der Waals surface area contributed by atoms with Crippen LogP contribution in [0.5, 0.6) is 0 Å². The largest absolute Gasteiger partial charge is 0.469 e. The van der Waals surface area contributed by atoms with E-state index in [2.05, 4.69) is 4.74 Å². The van der Waals surface area contributed by atoms with E-state index < -0.39 is 10.8 Å². The van der Waals surface area contributed by atoms with Crippen LogP contribution in [-0.2, 0) is 20.3 Å². The molecule has 4 heteroatoms. The molecule has 2 rings (SSSR count). The molecule has 0 radical (unpaired) electrons. The normalized spacial score (nSPS) is 33.9. The van der Waals surface area contributed by atoms with Crippen molar-refractivity contribution in [2.45, 2.75) is 42.6 Å². The summed E-state index contributed by atoms with van der Waals surface area (Å²) >= 11 is 0. The van der Waals surface area contributed by atoms with Gasteiger partial charge < -0.3 is 4.74 Å². The molecule has 0 aliphatic carbocycles. The Balaban J connectivity index is 1.96. The summed E-state index contributed by atoms with van der Waals surface area (Å²) in [7, 11) is 0.791. The average Bonchev–Trinajstić information content (AvgIpc) is 2.50. The van der Waals surface area contributed by atoms with E-state index in [1.165, 1.54) is 12.7 Å². The lowest BCUT2D eigenvalue weighted by Crippen LogP contribution is -2.23. The first-order chi connectivity index (χ1) is 7.20. The highest BCUT2D eigenvalue weighted by Gasteiger charge is 2.37. The van der Waals surface area contributed by atoms with Gasteiger partial charge in [-0.05, 0) is 25.7 Å². The van der Waals surface area contributed by atoms with Gasteiger partial charge in [0.2, 0.25) is 0 Å². The number of hydrogen-bond donors (Lipinski definition) is 0. The lowest BCUT2D eigenvalue weighted by atomic mass is 10.1. The second-order valence-electron chi connectivity index (χ2n) is 4.20. The Labute approximate surface area is 92.3 Å². The standard InChI is InChI=1S/C11H16O3S/c1-14-11(12)5-2-8-6-9-3-4-10(7-8)15(9)13/h2,9-10H,3-7H2,1H3. The van der Waals surface area contributed by atoms with Crippen molar-refractivity contribution in [2.75, 3.05) is 7.11 Å². The van der Waals surface area contributed by atoms with Gasteiger partial charge in [0.15, 0.2) is 0 Å². The number of carbonyl (C=O) groups excluding carboxylic acids is 1. The van der Waals surface area contributed by atoms with Gasteiger partial charge in [-0.15, -0.1) is 0 Å². The first-order valence-electron chi connectivity index (χ1n) is 5.35. The molecule has 2 heterocycles. The highest BCUT2D eigenvalue weighted by molar-refractivity contribution is 7.86. The molecule has 2 atom stereocenters. The second kappa shape index (κ2) is 4.47. The molecule has 2 saturated heterocycles. The molecular weight excluding hydrogens is 212 g/mol. The van der Waals surface area contributed by atoms with Crippen LogP contribution < -0.4 is 0 Å². The summed E-state index contributed by atoms with van der Waals surface area (Å²) in [4.78, 5) is 11.0. The highest BCUT2D eigenvalue weighted by Crippen LogP contribution is 2.38. The molecule has 0 aromatic rings. The quantitative estimate of drug-likeness (QED) is 0.532. The topological polar surface area (TPSA) is 43.4 Å². The molecule has 0 aromatic heterocycles. The number of hydrogen-bond acceptors (Lipinski definition) is 3. The predicted octanol–water partition coefficient (Wildman–Crippen LogP) is 1.55. The Morgan fingerprint density at radius 2 is 2.07 bits per heavy atom. The maximum absolute atomic E-state index is 11.7. The van der Waals surface area contributed by atoms with Gasteiger partial charge in [-0.25, -0.2) is 0 Å². The molecule has 2 aliphatic rings. The molecule has 3 nitrogen and oxygen atoms in total. The van der Waals surface area contributed by atoms with Crippen LogP contribution in [0.2, 0.25) is 0 Å². The van der Waals surface area contributed by atoms with Gasteiger partial charge in [0, 0.05) is 21.3 Å². The minimum Gasteiger partial charge on any atom is -0.469 e. The van der Waals surface area contributed by atoms with Crippen molar-refractivity contribution in [3.05, 3.63) is 11.6 Å². The minimum absolute atomic E-state index is 0.193. The van der Waals surface area contributed by atoms with E-state index in [0.717, 1.165) is 25.7 Å². The number of allylic oxidation sites excluding steroid dienone is 1. The maximum Gasteiger partial charge on any atom is 0.309 e. The molecule has 0 aromatic carbocycles. The SMILES string of the molecule is COC(=O)CC=C1CC2CCC(C1)S2=O. The van der Waals surface area contributed by atoms with E-state index >= 15 is 0 Å². The van der Waals surface area contributed by atoms with Crippen molar-refractivity contribution < 1.29 is 13.7 Å². The van der Waals surface area contributed by atoms with Crippen LogP contribution >= 0.6 is 0 Å². The number of methoxy groups -OCH3 is 1. The fourth-order valence-corrected chi connectivity index (χ4v) is 4.43.